The molecule has 0 saturated carbocycles. The zero-order valence-corrected chi connectivity index (χ0v) is 16.7. The van der Waals surface area contributed by atoms with E-state index >= 15 is 0 Å². The van der Waals surface area contributed by atoms with Gasteiger partial charge in [-0.1, -0.05) is 36.4 Å². The molecule has 2 aliphatic rings. The van der Waals surface area contributed by atoms with Crippen LogP contribution in [0.15, 0.2) is 42.5 Å². The van der Waals surface area contributed by atoms with Gasteiger partial charge in [-0.15, -0.1) is 0 Å². The molecule has 0 bridgehead atoms. The lowest BCUT2D eigenvalue weighted by Crippen LogP contribution is -2.40. The molecule has 3 aromatic rings. The molecule has 6 heteroatoms. The number of amides is 2. The number of aromatic nitrogens is 2. The quantitative estimate of drug-likeness (QED) is 0.718. The standard InChI is InChI=1S/C23H25N5O/c1-16-24-21-11-14-28(15-19(21)22(25-16)27-12-4-5-13-27)23(29)26-20-10-6-8-17-7-2-3-9-18(17)20/h2-3,6-10H,4-5,11-15H2,1H3,(H,26,29). The Labute approximate surface area is 170 Å². The Kier molecular flexibility index (Phi) is 4.54. The number of nitrogens with one attached hydrogen (secondary N) is 1. The number of hydrogen-bond donors (Lipinski definition) is 1. The Morgan fingerprint density at radius 2 is 1.79 bits per heavy atom. The van der Waals surface area contributed by atoms with Gasteiger partial charge >= 0.3 is 6.03 Å². The van der Waals surface area contributed by atoms with Crippen molar-refractivity contribution in [2.75, 3.05) is 29.9 Å². The first-order valence-electron chi connectivity index (χ1n) is 10.3. The van der Waals surface area contributed by atoms with Gasteiger partial charge in [-0.05, 0) is 31.2 Å². The van der Waals surface area contributed by atoms with E-state index in [0.29, 0.717) is 13.1 Å². The molecule has 2 amide bonds. The lowest BCUT2D eigenvalue weighted by Gasteiger charge is -2.31. The minimum atomic E-state index is -0.0695. The summed E-state index contributed by atoms with van der Waals surface area (Å²) in [7, 11) is 0. The minimum absolute atomic E-state index is 0.0695. The molecule has 148 valence electrons. The number of anilines is 2. The van der Waals surface area contributed by atoms with Gasteiger partial charge in [0.15, 0.2) is 0 Å². The van der Waals surface area contributed by atoms with Crippen molar-refractivity contribution in [1.29, 1.82) is 0 Å². The maximum absolute atomic E-state index is 13.1. The van der Waals surface area contributed by atoms with Crippen LogP contribution in [0.25, 0.3) is 10.8 Å². The monoisotopic (exact) mass is 387 g/mol. The van der Waals surface area contributed by atoms with Crippen LogP contribution in [0.4, 0.5) is 16.3 Å². The van der Waals surface area contributed by atoms with E-state index in [1.165, 1.54) is 12.8 Å². The first-order chi connectivity index (χ1) is 14.2. The molecule has 5 rings (SSSR count). The number of rotatable bonds is 2. The fourth-order valence-electron chi connectivity index (χ4n) is 4.41. The molecule has 0 aliphatic carbocycles. The van der Waals surface area contributed by atoms with E-state index in [2.05, 4.69) is 27.3 Å². The summed E-state index contributed by atoms with van der Waals surface area (Å²) in [5, 5.41) is 5.29. The van der Waals surface area contributed by atoms with Gasteiger partial charge in [-0.2, -0.15) is 0 Å². The van der Waals surface area contributed by atoms with Crippen molar-refractivity contribution in [3.8, 4) is 0 Å². The average molecular weight is 387 g/mol. The van der Waals surface area contributed by atoms with E-state index < -0.39 is 0 Å². The average Bonchev–Trinajstić information content (AvgIpc) is 3.28. The highest BCUT2D eigenvalue weighted by atomic mass is 16.2. The number of carbonyl (C=O) groups excluding carboxylic acids is 1. The van der Waals surface area contributed by atoms with Crippen LogP contribution in [0.2, 0.25) is 0 Å². The molecule has 1 N–H and O–H groups in total. The molecule has 1 fully saturated rings. The van der Waals surface area contributed by atoms with Crippen molar-refractivity contribution in [1.82, 2.24) is 14.9 Å². The van der Waals surface area contributed by atoms with Crippen LogP contribution in [-0.4, -0.2) is 40.5 Å². The Balaban J connectivity index is 1.41. The number of fused-ring (bicyclic) bond motifs is 2. The van der Waals surface area contributed by atoms with Crippen LogP contribution >= 0.6 is 0 Å². The van der Waals surface area contributed by atoms with Crippen LogP contribution in [-0.2, 0) is 13.0 Å². The number of aryl methyl sites for hydroxylation is 1. The number of carbonyl (C=O) groups is 1. The third kappa shape index (κ3) is 3.39. The van der Waals surface area contributed by atoms with Crippen molar-refractivity contribution in [3.63, 3.8) is 0 Å². The molecular formula is C23H25N5O. The molecule has 2 aromatic carbocycles. The number of urea groups is 1. The third-order valence-electron chi connectivity index (χ3n) is 5.87. The maximum Gasteiger partial charge on any atom is 0.322 e. The molecule has 2 aliphatic heterocycles. The zero-order valence-electron chi connectivity index (χ0n) is 16.7. The SMILES string of the molecule is Cc1nc2c(c(N3CCCC3)n1)CN(C(=O)Nc1cccc3ccccc13)CC2. The smallest absolute Gasteiger partial charge is 0.322 e. The zero-order chi connectivity index (χ0) is 19.8. The molecule has 1 saturated heterocycles. The molecule has 0 radical (unpaired) electrons. The molecule has 0 unspecified atom stereocenters. The lowest BCUT2D eigenvalue weighted by molar-refractivity contribution is 0.206. The predicted molar refractivity (Wildman–Crippen MR) is 115 cm³/mol. The van der Waals surface area contributed by atoms with Crippen molar-refractivity contribution < 1.29 is 4.79 Å². The highest BCUT2D eigenvalue weighted by Crippen LogP contribution is 2.30. The van der Waals surface area contributed by atoms with E-state index in [1.807, 2.05) is 42.2 Å². The lowest BCUT2D eigenvalue weighted by atomic mass is 10.1. The summed E-state index contributed by atoms with van der Waals surface area (Å²) < 4.78 is 0. The molecule has 0 atom stereocenters. The second kappa shape index (κ2) is 7.35. The summed E-state index contributed by atoms with van der Waals surface area (Å²) in [6, 6.07) is 14.0. The first-order valence-corrected chi connectivity index (χ1v) is 10.3. The van der Waals surface area contributed by atoms with Crippen LogP contribution in [0.1, 0.15) is 29.9 Å². The Bertz CT molecular complexity index is 1070. The molecule has 29 heavy (non-hydrogen) atoms. The number of benzene rings is 2. The normalized spacial score (nSPS) is 16.2. The Morgan fingerprint density at radius 3 is 2.66 bits per heavy atom. The van der Waals surface area contributed by atoms with Crippen LogP contribution in [0.3, 0.4) is 0 Å². The van der Waals surface area contributed by atoms with Gasteiger partial charge in [-0.25, -0.2) is 14.8 Å². The summed E-state index contributed by atoms with van der Waals surface area (Å²) in [6.07, 6.45) is 3.16. The van der Waals surface area contributed by atoms with E-state index in [1.54, 1.807) is 0 Å². The van der Waals surface area contributed by atoms with Crippen LogP contribution in [0, 0.1) is 6.92 Å². The summed E-state index contributed by atoms with van der Waals surface area (Å²) in [4.78, 5) is 26.7. The second-order valence-corrected chi connectivity index (χ2v) is 7.84. The van der Waals surface area contributed by atoms with Crippen molar-refractivity contribution >= 4 is 28.3 Å². The van der Waals surface area contributed by atoms with Gasteiger partial charge in [0.25, 0.3) is 0 Å². The summed E-state index contributed by atoms with van der Waals surface area (Å²) in [5.41, 5.74) is 3.05. The topological polar surface area (TPSA) is 61.4 Å². The van der Waals surface area contributed by atoms with Crippen LogP contribution < -0.4 is 10.2 Å². The van der Waals surface area contributed by atoms with Gasteiger partial charge in [0.2, 0.25) is 0 Å². The molecule has 6 nitrogen and oxygen atoms in total. The van der Waals surface area contributed by atoms with Gasteiger partial charge < -0.3 is 15.1 Å². The number of hydrogen-bond acceptors (Lipinski definition) is 4. The summed E-state index contributed by atoms with van der Waals surface area (Å²) >= 11 is 0. The molecular weight excluding hydrogens is 362 g/mol. The molecule has 1 aromatic heterocycles. The maximum atomic E-state index is 13.1. The predicted octanol–water partition coefficient (Wildman–Crippen LogP) is 4.13. The van der Waals surface area contributed by atoms with E-state index in [-0.39, 0.29) is 6.03 Å². The fourth-order valence-corrected chi connectivity index (χ4v) is 4.41. The highest BCUT2D eigenvalue weighted by Gasteiger charge is 2.28. The van der Waals surface area contributed by atoms with Gasteiger partial charge in [0.05, 0.1) is 17.9 Å². The summed E-state index contributed by atoms with van der Waals surface area (Å²) in [6.45, 7) is 5.24. The van der Waals surface area contributed by atoms with Crippen molar-refractivity contribution in [3.05, 3.63) is 59.5 Å². The van der Waals surface area contributed by atoms with Gasteiger partial charge in [0.1, 0.15) is 11.6 Å². The largest absolute Gasteiger partial charge is 0.356 e. The Morgan fingerprint density at radius 1 is 1.00 bits per heavy atom. The van der Waals surface area contributed by atoms with Crippen LogP contribution in [0.5, 0.6) is 0 Å². The van der Waals surface area contributed by atoms with Crippen molar-refractivity contribution in [2.45, 2.75) is 32.7 Å². The minimum Gasteiger partial charge on any atom is -0.356 e. The summed E-state index contributed by atoms with van der Waals surface area (Å²) in [5.74, 6) is 1.84. The molecule has 3 heterocycles. The van der Waals surface area contributed by atoms with E-state index in [0.717, 1.165) is 58.9 Å². The van der Waals surface area contributed by atoms with Gasteiger partial charge in [-0.3, -0.25) is 0 Å². The first kappa shape index (κ1) is 17.9. The number of nitrogens with zero attached hydrogens (tertiary/aromatic N) is 4. The Hall–Kier alpha value is -3.15. The van der Waals surface area contributed by atoms with E-state index in [4.69, 9.17) is 4.98 Å². The third-order valence-corrected chi connectivity index (χ3v) is 5.87. The molecule has 0 spiro atoms. The van der Waals surface area contributed by atoms with Gasteiger partial charge in [0, 0.05) is 37.0 Å². The van der Waals surface area contributed by atoms with Crippen molar-refractivity contribution in [2.24, 2.45) is 0 Å². The van der Waals surface area contributed by atoms with E-state index in [9.17, 15) is 4.79 Å². The highest BCUT2D eigenvalue weighted by molar-refractivity contribution is 6.01. The second-order valence-electron chi connectivity index (χ2n) is 7.84. The fraction of sp³-hybridized carbons (Fsp3) is 0.348.